The van der Waals surface area contributed by atoms with Crippen molar-refractivity contribution in [1.29, 1.82) is 0 Å². The Balaban J connectivity index is 0.000000167. The van der Waals surface area contributed by atoms with E-state index in [4.69, 9.17) is 0 Å². The molecule has 0 aromatic heterocycles. The third-order valence-electron chi connectivity index (χ3n) is 11.3. The Bertz CT molecular complexity index is 2210. The summed E-state index contributed by atoms with van der Waals surface area (Å²) >= 11 is 3.60. The minimum Gasteiger partial charge on any atom is -0.0622 e. The van der Waals surface area contributed by atoms with Crippen molar-refractivity contribution in [2.45, 2.75) is 46.0 Å². The van der Waals surface area contributed by atoms with E-state index in [2.05, 4.69) is 218 Å². The third-order valence-corrected chi connectivity index (χ3v) is 11.3. The van der Waals surface area contributed by atoms with Crippen molar-refractivity contribution in [3.63, 3.8) is 0 Å². The van der Waals surface area contributed by atoms with Crippen LogP contribution in [-0.4, -0.2) is 6.43 Å². The van der Waals surface area contributed by atoms with Gasteiger partial charge in [-0.25, -0.2) is 0 Å². The number of halogens is 1. The molecule has 3 aliphatic rings. The standard InChI is InChI=1S/C25H16.C25H18.2C2H6.CH4.BFS/c1-5-13-21-17(9-1)18-10-2-6-14-22(18)25(21)23-15-7-3-11-19(23)20-12-4-8-16-24(20)25;1-3-11-19(12-4-1)25(20-13-5-2-6-14-20)23-17-9-7-15-21(23)22-16-8-10-18-24(22)25;2*1-2;;2-1-3/h1-16H;1-18H;2*1-2H3;1H4;. The molecule has 0 atom stereocenters. The maximum atomic E-state index is 9.98. The second-order valence-electron chi connectivity index (χ2n) is 13.6. The summed E-state index contributed by atoms with van der Waals surface area (Å²) in [6.07, 6.45) is 0.0833. The maximum Gasteiger partial charge on any atom is 0.0725 e. The zero-order chi connectivity index (χ0) is 39.8. The van der Waals surface area contributed by atoms with Gasteiger partial charge in [0.2, 0.25) is 0 Å². The summed E-state index contributed by atoms with van der Waals surface area (Å²) in [7, 11) is 0. The summed E-state index contributed by atoms with van der Waals surface area (Å²) < 4.78 is 9.98. The molecule has 0 heterocycles. The average molecular weight is 773 g/mol. The van der Waals surface area contributed by atoms with E-state index in [1.165, 1.54) is 77.9 Å². The van der Waals surface area contributed by atoms with Gasteiger partial charge in [-0.05, 0) is 77.9 Å². The Morgan fingerprint density at radius 1 is 0.310 bits per heavy atom. The van der Waals surface area contributed by atoms with Crippen LogP contribution in [0.25, 0.3) is 33.4 Å². The molecule has 1 spiro atoms. The molecule has 0 aliphatic heterocycles. The Morgan fingerprint density at radius 3 is 0.707 bits per heavy atom. The summed E-state index contributed by atoms with van der Waals surface area (Å²) in [5, 5.41) is 0. The van der Waals surface area contributed by atoms with Crippen LogP contribution < -0.4 is 0 Å². The van der Waals surface area contributed by atoms with Gasteiger partial charge in [-0.1, -0.05) is 241 Å². The quantitative estimate of drug-likeness (QED) is 0.158. The van der Waals surface area contributed by atoms with Gasteiger partial charge in [0.05, 0.1) is 10.8 Å². The Morgan fingerprint density at radius 2 is 0.483 bits per heavy atom. The Hall–Kier alpha value is -6.03. The summed E-state index contributed by atoms with van der Waals surface area (Å²) in [5.41, 5.74) is 18.7. The van der Waals surface area contributed by atoms with Gasteiger partial charge in [-0.2, -0.15) is 0 Å². The molecule has 8 aromatic rings. The van der Waals surface area contributed by atoms with Gasteiger partial charge < -0.3 is 0 Å². The van der Waals surface area contributed by atoms with Crippen LogP contribution in [0.5, 0.6) is 0 Å². The smallest absolute Gasteiger partial charge is 0.0622 e. The van der Waals surface area contributed by atoms with Crippen LogP contribution in [0.15, 0.2) is 206 Å². The van der Waals surface area contributed by atoms with Crippen molar-refractivity contribution in [1.82, 2.24) is 0 Å². The van der Waals surface area contributed by atoms with Gasteiger partial charge in [0, 0.05) is 0 Å². The van der Waals surface area contributed by atoms with Gasteiger partial charge in [0.1, 0.15) is 0 Å². The molecule has 0 fully saturated rings. The van der Waals surface area contributed by atoms with Gasteiger partial charge in [-0.15, -0.1) is 0 Å². The van der Waals surface area contributed by atoms with E-state index in [0.29, 0.717) is 0 Å². The van der Waals surface area contributed by atoms with Crippen molar-refractivity contribution in [2.75, 3.05) is 0 Å². The molecule has 0 saturated carbocycles. The molecule has 0 nitrogen and oxygen atoms in total. The third kappa shape index (κ3) is 6.48. The van der Waals surface area contributed by atoms with Crippen LogP contribution in [0.3, 0.4) is 0 Å². The fourth-order valence-electron chi connectivity index (χ4n) is 9.45. The molecule has 3 heteroatoms. The summed E-state index contributed by atoms with van der Waals surface area (Å²) in [5.74, 6) is 0. The minimum absolute atomic E-state index is 0. The van der Waals surface area contributed by atoms with Gasteiger partial charge in [0.25, 0.3) is 0 Å². The Labute approximate surface area is 351 Å². The zero-order valence-corrected chi connectivity index (χ0v) is 33.8. The summed E-state index contributed by atoms with van der Waals surface area (Å²) in [6.45, 7) is 8.00. The maximum absolute atomic E-state index is 9.98. The van der Waals surface area contributed by atoms with Gasteiger partial charge >= 0.3 is 22.8 Å². The topological polar surface area (TPSA) is 0 Å². The molecule has 0 saturated heterocycles. The number of fused-ring (bicyclic) bond motifs is 13. The normalized spacial score (nSPS) is 12.7. The van der Waals surface area contributed by atoms with Crippen LogP contribution in [0, 0.1) is 0 Å². The molecule has 0 radical (unpaired) electrons. The average Bonchev–Trinajstić information content (AvgIpc) is 3.90. The van der Waals surface area contributed by atoms with Crippen LogP contribution >= 0.6 is 12.1 Å². The van der Waals surface area contributed by atoms with Crippen molar-refractivity contribution in [2.24, 2.45) is 0 Å². The van der Waals surface area contributed by atoms with Crippen molar-refractivity contribution >= 4 is 18.5 Å². The van der Waals surface area contributed by atoms with Crippen molar-refractivity contribution < 1.29 is 4.32 Å². The second kappa shape index (κ2) is 18.5. The molecule has 0 unspecified atom stereocenters. The van der Waals surface area contributed by atoms with Crippen LogP contribution in [0.2, 0.25) is 0 Å². The van der Waals surface area contributed by atoms with E-state index in [9.17, 15) is 4.32 Å². The molecular formula is C55H50BFS. The minimum atomic E-state index is -0.254. The van der Waals surface area contributed by atoms with E-state index in [-0.39, 0.29) is 24.7 Å². The molecule has 0 amide bonds. The summed E-state index contributed by atoms with van der Waals surface area (Å²) in [6, 6.07) is 75.1. The van der Waals surface area contributed by atoms with E-state index in [1.807, 2.05) is 27.7 Å². The first-order valence-corrected chi connectivity index (χ1v) is 20.5. The predicted octanol–water partition coefficient (Wildman–Crippen LogP) is 15.5. The predicted molar refractivity (Wildman–Crippen MR) is 250 cm³/mol. The first-order valence-electron chi connectivity index (χ1n) is 20.0. The molecule has 0 bridgehead atoms. The molecule has 3 aliphatic carbocycles. The van der Waals surface area contributed by atoms with Crippen LogP contribution in [-0.2, 0) is 10.8 Å². The fourth-order valence-corrected chi connectivity index (χ4v) is 9.45. The monoisotopic (exact) mass is 772 g/mol. The molecule has 11 rings (SSSR count). The zero-order valence-electron chi connectivity index (χ0n) is 33.0. The van der Waals surface area contributed by atoms with Crippen LogP contribution in [0.1, 0.15) is 79.6 Å². The first-order chi connectivity index (χ1) is 28.3. The Kier molecular flexibility index (Phi) is 13.3. The largest absolute Gasteiger partial charge is 0.0725 e. The molecule has 8 aromatic carbocycles. The molecular weight excluding hydrogens is 722 g/mol. The fraction of sp³-hybridized carbons (Fsp3) is 0.127. The molecule has 58 heavy (non-hydrogen) atoms. The van der Waals surface area contributed by atoms with Crippen LogP contribution in [0.4, 0.5) is 4.32 Å². The van der Waals surface area contributed by atoms with Crippen molar-refractivity contribution in [3.8, 4) is 33.4 Å². The van der Waals surface area contributed by atoms with E-state index < -0.39 is 0 Å². The van der Waals surface area contributed by atoms with Crippen molar-refractivity contribution in [3.05, 3.63) is 251 Å². The number of hydrogen-bond acceptors (Lipinski definition) is 1. The molecule has 0 N–H and O–H groups in total. The number of rotatable bonds is 2. The first kappa shape index (κ1) is 41.6. The number of hydrogen-bond donors (Lipinski definition) is 0. The van der Waals surface area contributed by atoms with Gasteiger partial charge in [-0.3, -0.25) is 0 Å². The summed E-state index contributed by atoms with van der Waals surface area (Å²) in [4.78, 5) is 0. The SMILES string of the molecule is C.CC.CC.FB=S.c1ccc(C2(c3ccccc3)c3ccccc3-c3ccccc32)cc1.c1ccc2c(c1)-c1ccccc1C21c2ccccc2-c2ccccc21. The number of benzene rings is 8. The van der Waals surface area contributed by atoms with E-state index >= 15 is 0 Å². The second-order valence-corrected chi connectivity index (χ2v) is 13.8. The van der Waals surface area contributed by atoms with E-state index in [0.717, 1.165) is 0 Å². The van der Waals surface area contributed by atoms with E-state index in [1.54, 1.807) is 0 Å². The molecule has 286 valence electrons. The van der Waals surface area contributed by atoms with Gasteiger partial charge in [0.15, 0.2) is 0 Å².